The van der Waals surface area contributed by atoms with E-state index in [1.807, 2.05) is 11.8 Å². The normalized spacial score (nSPS) is 11.9. The highest BCUT2D eigenvalue weighted by molar-refractivity contribution is 14.1. The fraction of sp³-hybridized carbons (Fsp3) is 0.636. The van der Waals surface area contributed by atoms with Crippen LogP contribution in [0.3, 0.4) is 0 Å². The summed E-state index contributed by atoms with van der Waals surface area (Å²) in [6, 6.07) is 0. The standard InChI is InChI=1S/C11H16ClIN2S/c1-5-7-9(13)10(12)15-8(14-7)6-16-11(2,3)4/h5-6H2,1-4H3. The van der Waals surface area contributed by atoms with Crippen molar-refractivity contribution in [2.24, 2.45) is 0 Å². The van der Waals surface area contributed by atoms with Crippen LogP contribution in [-0.4, -0.2) is 14.7 Å². The van der Waals surface area contributed by atoms with Gasteiger partial charge in [-0.2, -0.15) is 0 Å². The largest absolute Gasteiger partial charge is 0.236 e. The fourth-order valence-electron chi connectivity index (χ4n) is 1.09. The summed E-state index contributed by atoms with van der Waals surface area (Å²) in [4.78, 5) is 8.84. The molecular weight excluding hydrogens is 355 g/mol. The Balaban J connectivity index is 2.86. The molecule has 0 N–H and O–H groups in total. The minimum atomic E-state index is 0.227. The average Bonchev–Trinajstić information content (AvgIpc) is 2.18. The van der Waals surface area contributed by atoms with Gasteiger partial charge in [0.05, 0.1) is 15.0 Å². The molecular formula is C11H16ClIN2S. The van der Waals surface area contributed by atoms with Crippen LogP contribution in [0.1, 0.15) is 39.2 Å². The van der Waals surface area contributed by atoms with Gasteiger partial charge in [-0.15, -0.1) is 11.8 Å². The first kappa shape index (κ1) is 14.5. The molecule has 0 radical (unpaired) electrons. The second kappa shape index (κ2) is 5.87. The van der Waals surface area contributed by atoms with Crippen molar-refractivity contribution in [2.75, 3.05) is 0 Å². The molecule has 1 aromatic rings. The van der Waals surface area contributed by atoms with Crippen molar-refractivity contribution in [2.45, 2.75) is 44.6 Å². The van der Waals surface area contributed by atoms with Crippen LogP contribution in [-0.2, 0) is 12.2 Å². The molecule has 2 nitrogen and oxygen atoms in total. The lowest BCUT2D eigenvalue weighted by atomic mass is 10.3. The molecule has 0 fully saturated rings. The van der Waals surface area contributed by atoms with Gasteiger partial charge in [-0.1, -0.05) is 39.3 Å². The second-order valence-corrected chi connectivity index (χ2v) is 7.68. The quantitative estimate of drug-likeness (QED) is 0.585. The van der Waals surface area contributed by atoms with Crippen molar-refractivity contribution in [3.05, 3.63) is 20.2 Å². The van der Waals surface area contributed by atoms with Gasteiger partial charge >= 0.3 is 0 Å². The van der Waals surface area contributed by atoms with Gasteiger partial charge < -0.3 is 0 Å². The molecule has 0 saturated carbocycles. The van der Waals surface area contributed by atoms with E-state index in [0.29, 0.717) is 5.15 Å². The first-order chi connectivity index (χ1) is 7.33. The summed E-state index contributed by atoms with van der Waals surface area (Å²) in [5.74, 6) is 1.65. The lowest BCUT2D eigenvalue weighted by Gasteiger charge is -2.17. The van der Waals surface area contributed by atoms with Crippen molar-refractivity contribution in [1.29, 1.82) is 0 Å². The van der Waals surface area contributed by atoms with E-state index in [0.717, 1.165) is 27.3 Å². The lowest BCUT2D eigenvalue weighted by molar-refractivity contribution is 0.799. The number of rotatable bonds is 3. The molecule has 16 heavy (non-hydrogen) atoms. The molecule has 0 spiro atoms. The molecule has 0 bridgehead atoms. The summed E-state index contributed by atoms with van der Waals surface area (Å²) < 4.78 is 1.21. The van der Waals surface area contributed by atoms with Crippen LogP contribution in [0.25, 0.3) is 0 Å². The summed E-state index contributed by atoms with van der Waals surface area (Å²) in [5, 5.41) is 0.581. The van der Waals surface area contributed by atoms with E-state index in [1.54, 1.807) is 0 Å². The molecule has 0 atom stereocenters. The summed E-state index contributed by atoms with van der Waals surface area (Å²) in [6.45, 7) is 8.65. The topological polar surface area (TPSA) is 25.8 Å². The molecule has 0 aliphatic heterocycles. The number of hydrogen-bond donors (Lipinski definition) is 0. The van der Waals surface area contributed by atoms with Crippen LogP contribution in [0.2, 0.25) is 5.15 Å². The Bertz CT molecular complexity index is 377. The van der Waals surface area contributed by atoms with Gasteiger partial charge in [-0.3, -0.25) is 0 Å². The minimum Gasteiger partial charge on any atom is -0.236 e. The summed E-state index contributed by atoms with van der Waals surface area (Å²) in [7, 11) is 0. The Hall–Kier alpha value is 0.450. The van der Waals surface area contributed by atoms with Crippen LogP contribution < -0.4 is 0 Å². The smallest absolute Gasteiger partial charge is 0.146 e. The predicted octanol–water partition coefficient (Wildman–Crippen LogP) is 4.33. The van der Waals surface area contributed by atoms with Crippen LogP contribution in [0.4, 0.5) is 0 Å². The van der Waals surface area contributed by atoms with Gasteiger partial charge in [0.1, 0.15) is 11.0 Å². The molecule has 90 valence electrons. The highest BCUT2D eigenvalue weighted by Gasteiger charge is 2.14. The van der Waals surface area contributed by atoms with Gasteiger partial charge in [-0.05, 0) is 29.0 Å². The molecule has 0 saturated heterocycles. The van der Waals surface area contributed by atoms with E-state index in [1.165, 1.54) is 0 Å². The maximum absolute atomic E-state index is 6.08. The van der Waals surface area contributed by atoms with E-state index in [4.69, 9.17) is 11.6 Å². The highest BCUT2D eigenvalue weighted by Crippen LogP contribution is 2.27. The molecule has 0 unspecified atom stereocenters. The molecule has 0 aliphatic rings. The third kappa shape index (κ3) is 4.37. The SMILES string of the molecule is CCc1nc(CSC(C)(C)C)nc(Cl)c1I. The molecule has 1 heterocycles. The van der Waals surface area contributed by atoms with Crippen molar-refractivity contribution < 1.29 is 0 Å². The van der Waals surface area contributed by atoms with Gasteiger partial charge in [0, 0.05) is 4.75 Å². The zero-order valence-corrected chi connectivity index (χ0v) is 13.7. The maximum atomic E-state index is 6.08. The Labute approximate surface area is 120 Å². The zero-order valence-electron chi connectivity index (χ0n) is 9.97. The summed E-state index contributed by atoms with van der Waals surface area (Å²) in [6.07, 6.45) is 0.897. The first-order valence-electron chi connectivity index (χ1n) is 5.18. The van der Waals surface area contributed by atoms with Crippen molar-refractivity contribution in [3.8, 4) is 0 Å². The molecule has 5 heteroatoms. The Morgan fingerprint density at radius 1 is 1.31 bits per heavy atom. The Morgan fingerprint density at radius 3 is 2.44 bits per heavy atom. The van der Waals surface area contributed by atoms with Crippen molar-refractivity contribution in [1.82, 2.24) is 9.97 Å². The van der Waals surface area contributed by atoms with Crippen LogP contribution in [0, 0.1) is 3.57 Å². The molecule has 0 amide bonds. The minimum absolute atomic E-state index is 0.227. The fourth-order valence-corrected chi connectivity index (χ4v) is 2.61. The van der Waals surface area contributed by atoms with E-state index >= 15 is 0 Å². The zero-order chi connectivity index (χ0) is 12.3. The van der Waals surface area contributed by atoms with Crippen LogP contribution >= 0.6 is 46.0 Å². The number of hydrogen-bond acceptors (Lipinski definition) is 3. The summed E-state index contributed by atoms with van der Waals surface area (Å²) >= 11 is 10.1. The number of nitrogens with zero attached hydrogens (tertiary/aromatic N) is 2. The third-order valence-corrected chi connectivity index (χ3v) is 4.89. The first-order valence-corrected chi connectivity index (χ1v) is 7.62. The number of halogens is 2. The lowest BCUT2D eigenvalue weighted by Crippen LogP contribution is -2.09. The van der Waals surface area contributed by atoms with Crippen molar-refractivity contribution in [3.63, 3.8) is 0 Å². The molecule has 1 rings (SSSR count). The third-order valence-electron chi connectivity index (χ3n) is 1.89. The number of aryl methyl sites for hydroxylation is 1. The highest BCUT2D eigenvalue weighted by atomic mass is 127. The van der Waals surface area contributed by atoms with E-state index in [2.05, 4.69) is 60.3 Å². The van der Waals surface area contributed by atoms with Crippen LogP contribution in [0.15, 0.2) is 0 Å². The Kier molecular flexibility index (Phi) is 5.32. The molecule has 0 aromatic carbocycles. The number of thioether (sulfide) groups is 1. The van der Waals surface area contributed by atoms with E-state index in [-0.39, 0.29) is 4.75 Å². The van der Waals surface area contributed by atoms with Gasteiger partial charge in [0.2, 0.25) is 0 Å². The van der Waals surface area contributed by atoms with E-state index < -0.39 is 0 Å². The monoisotopic (exact) mass is 370 g/mol. The van der Waals surface area contributed by atoms with E-state index in [9.17, 15) is 0 Å². The predicted molar refractivity (Wildman–Crippen MR) is 80.2 cm³/mol. The maximum Gasteiger partial charge on any atom is 0.146 e. The molecule has 1 aromatic heterocycles. The summed E-state index contributed by atoms with van der Waals surface area (Å²) in [5.41, 5.74) is 1.05. The van der Waals surface area contributed by atoms with Crippen LogP contribution in [0.5, 0.6) is 0 Å². The van der Waals surface area contributed by atoms with Crippen molar-refractivity contribution >= 4 is 46.0 Å². The van der Waals surface area contributed by atoms with Gasteiger partial charge in [-0.25, -0.2) is 9.97 Å². The Morgan fingerprint density at radius 2 is 1.94 bits per heavy atom. The molecule has 0 aliphatic carbocycles. The second-order valence-electron chi connectivity index (χ2n) is 4.45. The van der Waals surface area contributed by atoms with Gasteiger partial charge in [0.25, 0.3) is 0 Å². The van der Waals surface area contributed by atoms with Gasteiger partial charge in [0.15, 0.2) is 0 Å². The average molecular weight is 371 g/mol. The number of aromatic nitrogens is 2.